The Balaban J connectivity index is 2.18. The first-order valence-electron chi connectivity index (χ1n) is 5.64. The zero-order valence-corrected chi connectivity index (χ0v) is 9.82. The molecule has 0 aliphatic rings. The molecule has 1 aromatic heterocycles. The van der Waals surface area contributed by atoms with Gasteiger partial charge in [-0.2, -0.15) is 0 Å². The topological polar surface area (TPSA) is 68.3 Å². The highest BCUT2D eigenvalue weighted by atomic mass is 16.3. The van der Waals surface area contributed by atoms with Gasteiger partial charge in [0.05, 0.1) is 12.7 Å². The highest BCUT2D eigenvalue weighted by molar-refractivity contribution is 5.87. The number of amides is 1. The molecule has 90 valence electrons. The summed E-state index contributed by atoms with van der Waals surface area (Å²) in [5.41, 5.74) is 8.21. The summed E-state index contributed by atoms with van der Waals surface area (Å²) in [5, 5.41) is 3.75. The van der Waals surface area contributed by atoms with Crippen LogP contribution in [0.2, 0.25) is 0 Å². The molecule has 0 aliphatic heterocycles. The van der Waals surface area contributed by atoms with Crippen LogP contribution in [0.4, 0.5) is 0 Å². The molecule has 0 saturated carbocycles. The molecule has 0 aliphatic carbocycles. The van der Waals surface area contributed by atoms with E-state index in [4.69, 9.17) is 10.2 Å². The van der Waals surface area contributed by atoms with E-state index in [2.05, 4.69) is 5.32 Å². The molecule has 0 bridgehead atoms. The molecule has 0 spiro atoms. The molecule has 4 heteroatoms. The lowest BCUT2D eigenvalue weighted by molar-refractivity contribution is -0.120. The Morgan fingerprint density at radius 3 is 3.06 bits per heavy atom. The molecule has 1 heterocycles. The highest BCUT2D eigenvalue weighted by Gasteiger charge is 2.09. The van der Waals surface area contributed by atoms with Crippen LogP contribution in [0.15, 0.2) is 28.9 Å². The normalized spacial score (nSPS) is 10.7. The molecule has 17 heavy (non-hydrogen) atoms. The maximum atomic E-state index is 11.6. The van der Waals surface area contributed by atoms with Gasteiger partial charge in [0.2, 0.25) is 5.91 Å². The number of furan rings is 1. The summed E-state index contributed by atoms with van der Waals surface area (Å²) in [5.74, 6) is -0.0281. The molecule has 0 fully saturated rings. The van der Waals surface area contributed by atoms with Crippen molar-refractivity contribution in [2.45, 2.75) is 13.3 Å². The van der Waals surface area contributed by atoms with Gasteiger partial charge >= 0.3 is 0 Å². The Bertz CT molecular complexity index is 531. The number of carbonyl (C=O) groups is 1. The first-order valence-corrected chi connectivity index (χ1v) is 5.64. The summed E-state index contributed by atoms with van der Waals surface area (Å²) in [4.78, 5) is 11.6. The van der Waals surface area contributed by atoms with E-state index in [1.807, 2.05) is 25.1 Å². The standard InChI is InChI=1S/C13H16N2O2/c1-9-2-3-12-11(6-9)10(8-17-12)7-13(16)15-5-4-14/h2-3,6,8H,4-5,7,14H2,1H3,(H,15,16). The predicted octanol–water partition coefficient (Wildman–Crippen LogP) is 1.36. The Hall–Kier alpha value is -1.81. The number of aryl methyl sites for hydroxylation is 1. The van der Waals surface area contributed by atoms with E-state index in [1.165, 1.54) is 0 Å². The van der Waals surface area contributed by atoms with E-state index in [-0.39, 0.29) is 5.91 Å². The Kier molecular flexibility index (Phi) is 3.44. The lowest BCUT2D eigenvalue weighted by Gasteiger charge is -2.02. The lowest BCUT2D eigenvalue weighted by Crippen LogP contribution is -2.30. The van der Waals surface area contributed by atoms with Gasteiger partial charge in [0.1, 0.15) is 5.58 Å². The van der Waals surface area contributed by atoms with E-state index < -0.39 is 0 Å². The number of nitrogens with two attached hydrogens (primary N) is 1. The summed E-state index contributed by atoms with van der Waals surface area (Å²) in [6.45, 7) is 2.98. The number of carbonyl (C=O) groups excluding carboxylic acids is 1. The number of rotatable bonds is 4. The maximum Gasteiger partial charge on any atom is 0.224 e. The van der Waals surface area contributed by atoms with Crippen molar-refractivity contribution in [3.05, 3.63) is 35.6 Å². The molecular weight excluding hydrogens is 216 g/mol. The Morgan fingerprint density at radius 2 is 2.29 bits per heavy atom. The van der Waals surface area contributed by atoms with Crippen molar-refractivity contribution in [1.29, 1.82) is 0 Å². The van der Waals surface area contributed by atoms with Crippen molar-refractivity contribution < 1.29 is 9.21 Å². The van der Waals surface area contributed by atoms with Crippen LogP contribution < -0.4 is 11.1 Å². The van der Waals surface area contributed by atoms with Crippen LogP contribution in [0.5, 0.6) is 0 Å². The van der Waals surface area contributed by atoms with Crippen LogP contribution in [-0.2, 0) is 11.2 Å². The smallest absolute Gasteiger partial charge is 0.224 e. The van der Waals surface area contributed by atoms with Gasteiger partial charge in [-0.1, -0.05) is 11.6 Å². The zero-order valence-electron chi connectivity index (χ0n) is 9.82. The van der Waals surface area contributed by atoms with Crippen LogP contribution in [-0.4, -0.2) is 19.0 Å². The molecule has 2 rings (SSSR count). The van der Waals surface area contributed by atoms with E-state index in [0.29, 0.717) is 19.5 Å². The second-order valence-electron chi connectivity index (χ2n) is 4.08. The van der Waals surface area contributed by atoms with Crippen molar-refractivity contribution >= 4 is 16.9 Å². The maximum absolute atomic E-state index is 11.6. The van der Waals surface area contributed by atoms with Crippen LogP contribution in [0.25, 0.3) is 11.0 Å². The first kappa shape index (κ1) is 11.7. The van der Waals surface area contributed by atoms with Crippen LogP contribution in [0.3, 0.4) is 0 Å². The SMILES string of the molecule is Cc1ccc2occ(CC(=O)NCCN)c2c1. The van der Waals surface area contributed by atoms with Gasteiger partial charge in [-0.05, 0) is 19.1 Å². The summed E-state index contributed by atoms with van der Waals surface area (Å²) < 4.78 is 5.40. The fraction of sp³-hybridized carbons (Fsp3) is 0.308. The molecular formula is C13H16N2O2. The van der Waals surface area contributed by atoms with Crippen molar-refractivity contribution in [3.8, 4) is 0 Å². The molecule has 3 N–H and O–H groups in total. The molecule has 2 aromatic rings. The monoisotopic (exact) mass is 232 g/mol. The molecule has 0 atom stereocenters. The van der Waals surface area contributed by atoms with E-state index >= 15 is 0 Å². The highest BCUT2D eigenvalue weighted by Crippen LogP contribution is 2.22. The van der Waals surface area contributed by atoms with Crippen molar-refractivity contribution in [2.24, 2.45) is 5.73 Å². The van der Waals surface area contributed by atoms with E-state index in [1.54, 1.807) is 6.26 Å². The third kappa shape index (κ3) is 2.65. The van der Waals surface area contributed by atoms with E-state index in [0.717, 1.165) is 22.1 Å². The minimum atomic E-state index is -0.0281. The predicted molar refractivity (Wildman–Crippen MR) is 66.7 cm³/mol. The Morgan fingerprint density at radius 1 is 1.47 bits per heavy atom. The second kappa shape index (κ2) is 5.01. The van der Waals surface area contributed by atoms with Gasteiger partial charge in [0.25, 0.3) is 0 Å². The van der Waals surface area contributed by atoms with Gasteiger partial charge in [0, 0.05) is 24.0 Å². The number of fused-ring (bicyclic) bond motifs is 1. The summed E-state index contributed by atoms with van der Waals surface area (Å²) in [6.07, 6.45) is 1.97. The van der Waals surface area contributed by atoms with Crippen molar-refractivity contribution in [3.63, 3.8) is 0 Å². The first-order chi connectivity index (χ1) is 8.20. The molecule has 1 amide bonds. The molecule has 0 saturated heterocycles. The third-order valence-electron chi connectivity index (χ3n) is 2.63. The van der Waals surface area contributed by atoms with Gasteiger partial charge in [0.15, 0.2) is 0 Å². The van der Waals surface area contributed by atoms with Crippen molar-refractivity contribution in [1.82, 2.24) is 5.32 Å². The Labute approximate surface area is 99.8 Å². The minimum Gasteiger partial charge on any atom is -0.464 e. The van der Waals surface area contributed by atoms with Gasteiger partial charge in [-0.25, -0.2) is 0 Å². The number of nitrogens with one attached hydrogen (secondary N) is 1. The summed E-state index contributed by atoms with van der Waals surface area (Å²) >= 11 is 0. The largest absolute Gasteiger partial charge is 0.464 e. The van der Waals surface area contributed by atoms with Gasteiger partial charge < -0.3 is 15.5 Å². The number of benzene rings is 1. The van der Waals surface area contributed by atoms with Crippen LogP contribution in [0, 0.1) is 6.92 Å². The second-order valence-corrected chi connectivity index (χ2v) is 4.08. The van der Waals surface area contributed by atoms with Crippen LogP contribution >= 0.6 is 0 Å². The molecule has 1 aromatic carbocycles. The molecule has 0 unspecified atom stereocenters. The third-order valence-corrected chi connectivity index (χ3v) is 2.63. The van der Waals surface area contributed by atoms with E-state index in [9.17, 15) is 4.79 Å². The quantitative estimate of drug-likeness (QED) is 0.836. The number of hydrogen-bond acceptors (Lipinski definition) is 3. The number of hydrogen-bond donors (Lipinski definition) is 2. The van der Waals surface area contributed by atoms with Crippen LogP contribution in [0.1, 0.15) is 11.1 Å². The lowest BCUT2D eigenvalue weighted by atomic mass is 10.1. The fourth-order valence-electron chi connectivity index (χ4n) is 1.78. The van der Waals surface area contributed by atoms with Gasteiger partial charge in [-0.3, -0.25) is 4.79 Å². The average Bonchev–Trinajstić information content (AvgIpc) is 2.69. The van der Waals surface area contributed by atoms with Gasteiger partial charge in [-0.15, -0.1) is 0 Å². The molecule has 0 radical (unpaired) electrons. The zero-order chi connectivity index (χ0) is 12.3. The summed E-state index contributed by atoms with van der Waals surface area (Å²) in [6, 6.07) is 5.94. The minimum absolute atomic E-state index is 0.0281. The summed E-state index contributed by atoms with van der Waals surface area (Å²) in [7, 11) is 0. The fourth-order valence-corrected chi connectivity index (χ4v) is 1.78. The molecule has 4 nitrogen and oxygen atoms in total. The average molecular weight is 232 g/mol. The van der Waals surface area contributed by atoms with Crippen molar-refractivity contribution in [2.75, 3.05) is 13.1 Å².